The average Bonchev–Trinajstić information content (AvgIpc) is 2.45. The normalized spacial score (nSPS) is 11.0. The molecule has 0 N–H and O–H groups in total. The zero-order valence-corrected chi connectivity index (χ0v) is 13.9. The topological polar surface area (TPSA) is 34.9 Å². The summed E-state index contributed by atoms with van der Waals surface area (Å²) < 4.78 is 16.8. The molecule has 0 spiro atoms. The lowest BCUT2D eigenvalue weighted by atomic mass is 10.2. The van der Waals surface area contributed by atoms with Gasteiger partial charge in [-0.25, -0.2) is 9.37 Å². The number of nitrogens with zero attached hydrogens (tertiary/aromatic N) is 2. The number of halogens is 3. The van der Waals surface area contributed by atoms with E-state index in [2.05, 4.69) is 36.8 Å². The summed E-state index contributed by atoms with van der Waals surface area (Å²) in [5, 5.41) is 0.510. The van der Waals surface area contributed by atoms with E-state index in [4.69, 9.17) is 0 Å². The highest BCUT2D eigenvalue weighted by Crippen LogP contribution is 2.17. The Balaban J connectivity index is 2.09. The van der Waals surface area contributed by atoms with Gasteiger partial charge in [0.05, 0.1) is 23.8 Å². The van der Waals surface area contributed by atoms with Crippen molar-refractivity contribution < 1.29 is 4.39 Å². The van der Waals surface area contributed by atoms with E-state index in [1.165, 1.54) is 17.0 Å². The molecule has 0 atom stereocenters. The van der Waals surface area contributed by atoms with E-state index in [-0.39, 0.29) is 17.9 Å². The number of fused-ring (bicyclic) bond motifs is 1. The highest BCUT2D eigenvalue weighted by atomic mass is 79.9. The van der Waals surface area contributed by atoms with E-state index in [9.17, 15) is 9.18 Å². The van der Waals surface area contributed by atoms with Crippen LogP contribution in [0.4, 0.5) is 4.39 Å². The second kappa shape index (κ2) is 5.69. The van der Waals surface area contributed by atoms with Crippen molar-refractivity contribution in [2.75, 3.05) is 0 Å². The van der Waals surface area contributed by atoms with Crippen molar-refractivity contribution in [3.8, 4) is 0 Å². The average molecular weight is 412 g/mol. The van der Waals surface area contributed by atoms with Crippen molar-refractivity contribution in [3.05, 3.63) is 73.4 Å². The summed E-state index contributed by atoms with van der Waals surface area (Å²) in [6.45, 7) is 0.142. The van der Waals surface area contributed by atoms with Gasteiger partial charge in [-0.2, -0.15) is 0 Å². The van der Waals surface area contributed by atoms with Crippen molar-refractivity contribution in [2.24, 2.45) is 0 Å². The molecule has 0 saturated heterocycles. The predicted octanol–water partition coefficient (Wildman–Crippen LogP) is 4.11. The molecule has 0 saturated carbocycles. The summed E-state index contributed by atoms with van der Waals surface area (Å²) >= 11 is 6.64. The summed E-state index contributed by atoms with van der Waals surface area (Å²) in [6.07, 6.45) is 1.44. The van der Waals surface area contributed by atoms with Gasteiger partial charge < -0.3 is 0 Å². The molecule has 0 fully saturated rings. The molecule has 21 heavy (non-hydrogen) atoms. The molecule has 0 unspecified atom stereocenters. The van der Waals surface area contributed by atoms with Gasteiger partial charge in [-0.1, -0.05) is 31.9 Å². The first kappa shape index (κ1) is 14.4. The highest BCUT2D eigenvalue weighted by molar-refractivity contribution is 9.10. The number of aromatic nitrogens is 2. The van der Waals surface area contributed by atoms with Crippen LogP contribution in [-0.2, 0) is 6.54 Å². The lowest BCUT2D eigenvalue weighted by Gasteiger charge is -2.08. The Morgan fingerprint density at radius 1 is 1.10 bits per heavy atom. The van der Waals surface area contributed by atoms with Crippen LogP contribution in [0, 0.1) is 5.82 Å². The maximum Gasteiger partial charge on any atom is 0.261 e. The lowest BCUT2D eigenvalue weighted by molar-refractivity contribution is 0.595. The summed E-state index contributed by atoms with van der Waals surface area (Å²) in [6, 6.07) is 9.93. The van der Waals surface area contributed by atoms with E-state index in [1.54, 1.807) is 30.3 Å². The molecule has 1 heterocycles. The van der Waals surface area contributed by atoms with Crippen LogP contribution in [0.3, 0.4) is 0 Å². The molecule has 0 aliphatic heterocycles. The summed E-state index contributed by atoms with van der Waals surface area (Å²) in [7, 11) is 0. The quantitative estimate of drug-likeness (QED) is 0.636. The standard InChI is InChI=1S/C15H9Br2FN2O/c16-10-2-4-13(18)9(5-10)7-20-8-19-14-6-11(17)1-3-12(14)15(20)21/h1-6,8H,7H2. The summed E-state index contributed by atoms with van der Waals surface area (Å²) in [5.74, 6) is -0.346. The van der Waals surface area contributed by atoms with Gasteiger partial charge in [-0.15, -0.1) is 0 Å². The minimum absolute atomic E-state index is 0.142. The SMILES string of the molecule is O=c1c2ccc(Br)cc2ncn1Cc1cc(Br)ccc1F. The molecule has 1 aromatic heterocycles. The van der Waals surface area contributed by atoms with Crippen molar-refractivity contribution >= 4 is 42.8 Å². The zero-order valence-electron chi connectivity index (χ0n) is 10.7. The highest BCUT2D eigenvalue weighted by Gasteiger charge is 2.08. The molecule has 3 aromatic rings. The Hall–Kier alpha value is -1.53. The van der Waals surface area contributed by atoms with E-state index in [1.807, 2.05) is 0 Å². The number of hydrogen-bond acceptors (Lipinski definition) is 2. The van der Waals surface area contributed by atoms with Crippen LogP contribution >= 0.6 is 31.9 Å². The van der Waals surface area contributed by atoms with Gasteiger partial charge in [0.25, 0.3) is 5.56 Å². The van der Waals surface area contributed by atoms with Gasteiger partial charge in [0.1, 0.15) is 5.82 Å². The number of benzene rings is 2. The Labute approximate surface area is 136 Å². The third-order valence-corrected chi connectivity index (χ3v) is 4.12. The fourth-order valence-electron chi connectivity index (χ4n) is 2.09. The molecule has 3 nitrogen and oxygen atoms in total. The van der Waals surface area contributed by atoms with Crippen molar-refractivity contribution in [1.29, 1.82) is 0 Å². The largest absolute Gasteiger partial charge is 0.294 e. The van der Waals surface area contributed by atoms with Gasteiger partial charge >= 0.3 is 0 Å². The van der Waals surface area contributed by atoms with Gasteiger partial charge in [0.2, 0.25) is 0 Å². The molecule has 0 radical (unpaired) electrons. The minimum Gasteiger partial charge on any atom is -0.294 e. The Bertz CT molecular complexity index is 892. The van der Waals surface area contributed by atoms with Crippen LogP contribution in [0.1, 0.15) is 5.56 Å². The maximum absolute atomic E-state index is 13.8. The molecule has 0 bridgehead atoms. The van der Waals surface area contributed by atoms with Crippen LogP contribution in [0.25, 0.3) is 10.9 Å². The molecule has 3 rings (SSSR count). The second-order valence-corrected chi connectivity index (χ2v) is 6.41. The number of hydrogen-bond donors (Lipinski definition) is 0. The maximum atomic E-state index is 13.8. The molecule has 0 aliphatic rings. The summed E-state index contributed by atoms with van der Waals surface area (Å²) in [5.41, 5.74) is 0.858. The Kier molecular flexibility index (Phi) is 3.91. The molecule has 0 aliphatic carbocycles. The second-order valence-electron chi connectivity index (χ2n) is 4.57. The first-order valence-electron chi connectivity index (χ1n) is 6.13. The molecule has 0 amide bonds. The lowest BCUT2D eigenvalue weighted by Crippen LogP contribution is -2.21. The van der Waals surface area contributed by atoms with Crippen LogP contribution in [-0.4, -0.2) is 9.55 Å². The van der Waals surface area contributed by atoms with Crippen LogP contribution in [0.5, 0.6) is 0 Å². The van der Waals surface area contributed by atoms with Gasteiger partial charge in [-0.05, 0) is 36.4 Å². The summed E-state index contributed by atoms with van der Waals surface area (Å²) in [4.78, 5) is 16.7. The van der Waals surface area contributed by atoms with E-state index < -0.39 is 0 Å². The van der Waals surface area contributed by atoms with Crippen LogP contribution in [0.2, 0.25) is 0 Å². The first-order chi connectivity index (χ1) is 10.0. The van der Waals surface area contributed by atoms with Crippen molar-refractivity contribution in [3.63, 3.8) is 0 Å². The molecular weight excluding hydrogens is 403 g/mol. The van der Waals surface area contributed by atoms with Gasteiger partial charge in [0, 0.05) is 14.5 Å². The molecular formula is C15H9Br2FN2O. The minimum atomic E-state index is -0.346. The molecule has 2 aromatic carbocycles. The van der Waals surface area contributed by atoms with Crippen molar-refractivity contribution in [1.82, 2.24) is 9.55 Å². The van der Waals surface area contributed by atoms with Crippen molar-refractivity contribution in [2.45, 2.75) is 6.54 Å². The zero-order chi connectivity index (χ0) is 15.0. The van der Waals surface area contributed by atoms with Gasteiger partial charge in [-0.3, -0.25) is 9.36 Å². The van der Waals surface area contributed by atoms with Crippen LogP contribution in [0.15, 0.2) is 56.5 Å². The van der Waals surface area contributed by atoms with E-state index >= 15 is 0 Å². The fourth-order valence-corrected chi connectivity index (χ4v) is 2.85. The monoisotopic (exact) mass is 410 g/mol. The van der Waals surface area contributed by atoms with Crippen LogP contribution < -0.4 is 5.56 Å². The first-order valence-corrected chi connectivity index (χ1v) is 7.72. The number of rotatable bonds is 2. The molecule has 106 valence electrons. The van der Waals surface area contributed by atoms with E-state index in [0.717, 1.165) is 8.95 Å². The van der Waals surface area contributed by atoms with E-state index in [0.29, 0.717) is 16.5 Å². The predicted molar refractivity (Wildman–Crippen MR) is 86.9 cm³/mol. The third-order valence-electron chi connectivity index (χ3n) is 3.14. The molecule has 6 heteroatoms. The Morgan fingerprint density at radius 2 is 1.81 bits per heavy atom. The van der Waals surface area contributed by atoms with Gasteiger partial charge in [0.15, 0.2) is 0 Å². The third kappa shape index (κ3) is 2.91. The smallest absolute Gasteiger partial charge is 0.261 e. The fraction of sp³-hybridized carbons (Fsp3) is 0.0667. The Morgan fingerprint density at radius 3 is 2.62 bits per heavy atom.